The Kier molecular flexibility index (Phi) is 10.4. The molecule has 0 radical (unpaired) electrons. The highest BCUT2D eigenvalue weighted by Gasteiger charge is 2.34. The SMILES string of the molecule is CC(C)(C)OC(=O)N(COCC[Si](C)(C)C)C1=N[C@](C)(c2cc(/C=C(\F)c3ccc(Cl)cn3)ccc2F)C=CS1. The number of benzene rings is 1. The topological polar surface area (TPSA) is 64.0 Å². The average molecular weight is 608 g/mol. The molecule has 0 N–H and O–H groups in total. The second-order valence-electron chi connectivity index (χ2n) is 11.8. The monoisotopic (exact) mass is 607 g/mol. The Morgan fingerprint density at radius 1 is 1.23 bits per heavy atom. The van der Waals surface area contributed by atoms with Crippen LogP contribution in [0, 0.1) is 5.82 Å². The predicted molar refractivity (Wildman–Crippen MR) is 163 cm³/mol. The van der Waals surface area contributed by atoms with Crippen LogP contribution in [0.5, 0.6) is 0 Å². The van der Waals surface area contributed by atoms with Crippen LogP contribution in [0.3, 0.4) is 0 Å². The molecule has 40 heavy (non-hydrogen) atoms. The van der Waals surface area contributed by atoms with Crippen molar-refractivity contribution < 1.29 is 23.0 Å². The Hall–Kier alpha value is -2.53. The first-order valence-corrected chi connectivity index (χ1v) is 17.8. The molecule has 1 atom stereocenters. The van der Waals surface area contributed by atoms with E-state index in [1.807, 2.05) is 0 Å². The van der Waals surface area contributed by atoms with Gasteiger partial charge in [0.1, 0.15) is 29.5 Å². The van der Waals surface area contributed by atoms with E-state index in [-0.39, 0.29) is 18.0 Å². The van der Waals surface area contributed by atoms with E-state index in [9.17, 15) is 9.18 Å². The van der Waals surface area contributed by atoms with E-state index in [1.165, 1.54) is 53.2 Å². The summed E-state index contributed by atoms with van der Waals surface area (Å²) in [6, 6.07) is 8.22. The maximum absolute atomic E-state index is 15.2. The van der Waals surface area contributed by atoms with Crippen molar-refractivity contribution in [2.45, 2.75) is 64.5 Å². The number of hydrogen-bond donors (Lipinski definition) is 0. The summed E-state index contributed by atoms with van der Waals surface area (Å²) in [5.41, 5.74) is -1.16. The maximum atomic E-state index is 15.2. The van der Waals surface area contributed by atoms with Gasteiger partial charge in [-0.2, -0.15) is 0 Å². The van der Waals surface area contributed by atoms with Crippen molar-refractivity contribution >= 4 is 54.6 Å². The summed E-state index contributed by atoms with van der Waals surface area (Å²) in [7, 11) is -1.34. The van der Waals surface area contributed by atoms with Gasteiger partial charge < -0.3 is 9.47 Å². The van der Waals surface area contributed by atoms with Crippen LogP contribution in [0.25, 0.3) is 11.9 Å². The van der Waals surface area contributed by atoms with E-state index >= 15 is 4.39 Å². The zero-order chi connectivity index (χ0) is 29.7. The number of aliphatic imine (C=N–C) groups is 1. The molecule has 0 aliphatic carbocycles. The van der Waals surface area contributed by atoms with Crippen LogP contribution in [0.2, 0.25) is 30.7 Å². The molecule has 0 saturated heterocycles. The van der Waals surface area contributed by atoms with Crippen molar-refractivity contribution in [3.8, 4) is 0 Å². The second-order valence-corrected chi connectivity index (χ2v) is 18.7. The van der Waals surface area contributed by atoms with Crippen LogP contribution in [0.15, 0.2) is 53.0 Å². The number of rotatable bonds is 8. The molecule has 1 aromatic heterocycles. The molecule has 0 bridgehead atoms. The molecule has 0 fully saturated rings. The summed E-state index contributed by atoms with van der Waals surface area (Å²) < 4.78 is 41.6. The molecule has 0 unspecified atom stereocenters. The molecule has 216 valence electrons. The van der Waals surface area contributed by atoms with Crippen molar-refractivity contribution in [3.05, 3.63) is 75.7 Å². The van der Waals surface area contributed by atoms with Crippen molar-refractivity contribution in [2.75, 3.05) is 13.3 Å². The number of hydrogen-bond acceptors (Lipinski definition) is 6. The van der Waals surface area contributed by atoms with Crippen LogP contribution in [-0.4, -0.2) is 48.2 Å². The lowest BCUT2D eigenvalue weighted by molar-refractivity contribution is 0.0111. The lowest BCUT2D eigenvalue weighted by atomic mass is 9.90. The fourth-order valence-electron chi connectivity index (χ4n) is 3.56. The fourth-order valence-corrected chi connectivity index (χ4v) is 5.38. The highest BCUT2D eigenvalue weighted by molar-refractivity contribution is 8.16. The molecule has 1 aromatic carbocycles. The highest BCUT2D eigenvalue weighted by atomic mass is 35.5. The van der Waals surface area contributed by atoms with Gasteiger partial charge in [0.05, 0.1) is 10.7 Å². The first-order valence-electron chi connectivity index (χ1n) is 12.9. The summed E-state index contributed by atoms with van der Waals surface area (Å²) >= 11 is 7.06. The normalized spacial score (nSPS) is 17.9. The summed E-state index contributed by atoms with van der Waals surface area (Å²) in [5, 5.41) is 2.46. The summed E-state index contributed by atoms with van der Waals surface area (Å²) in [6.07, 6.45) is 3.75. The Morgan fingerprint density at radius 2 is 1.95 bits per heavy atom. The first-order chi connectivity index (χ1) is 18.6. The van der Waals surface area contributed by atoms with Crippen molar-refractivity contribution in [1.29, 1.82) is 0 Å². The molecular formula is C29H36ClF2N3O3SSi. The third kappa shape index (κ3) is 9.26. The third-order valence-electron chi connectivity index (χ3n) is 5.76. The minimum atomic E-state index is -1.34. The lowest BCUT2D eigenvalue weighted by Gasteiger charge is -2.32. The van der Waals surface area contributed by atoms with Crippen molar-refractivity contribution in [3.63, 3.8) is 0 Å². The van der Waals surface area contributed by atoms with Crippen LogP contribution in [-0.2, 0) is 15.0 Å². The predicted octanol–water partition coefficient (Wildman–Crippen LogP) is 8.72. The van der Waals surface area contributed by atoms with Crippen molar-refractivity contribution in [1.82, 2.24) is 9.88 Å². The Bertz CT molecular complexity index is 1310. The zero-order valence-corrected chi connectivity index (χ0v) is 26.5. The van der Waals surface area contributed by atoms with Gasteiger partial charge in [0.25, 0.3) is 0 Å². The van der Waals surface area contributed by atoms with Gasteiger partial charge in [-0.15, -0.1) is 0 Å². The number of nitrogens with zero attached hydrogens (tertiary/aromatic N) is 3. The summed E-state index contributed by atoms with van der Waals surface area (Å²) in [4.78, 5) is 23.3. The van der Waals surface area contributed by atoms with Gasteiger partial charge in [0.15, 0.2) is 5.17 Å². The van der Waals surface area contributed by atoms with E-state index in [4.69, 9.17) is 26.1 Å². The van der Waals surface area contributed by atoms with E-state index in [1.54, 1.807) is 45.2 Å². The van der Waals surface area contributed by atoms with E-state index in [2.05, 4.69) is 24.6 Å². The van der Waals surface area contributed by atoms with Crippen LogP contribution >= 0.6 is 23.4 Å². The number of aromatic nitrogens is 1. The van der Waals surface area contributed by atoms with Gasteiger partial charge in [0.2, 0.25) is 0 Å². The highest BCUT2D eigenvalue weighted by Crippen LogP contribution is 2.37. The number of amidine groups is 1. The molecular weight excluding hydrogens is 572 g/mol. The first kappa shape index (κ1) is 32.0. The second kappa shape index (κ2) is 13.0. The van der Waals surface area contributed by atoms with E-state index < -0.39 is 37.0 Å². The number of carbonyl (C=O) groups excluding carboxylic acids is 1. The Balaban J connectivity index is 1.93. The standard InChI is InChI=1S/C29H36ClF2N3O3SSi/c1-28(2,3)38-27(36)35(19-37-13-15-40(5,6)7)26-34-29(4,12-14-39-26)22-16-20(8-10-23(22)31)17-24(32)25-11-9-21(30)18-33-25/h8-12,14,16-18H,13,15,19H2,1-7H3/b24-17-/t29-/m0/s1. The molecule has 1 amide bonds. The molecule has 0 spiro atoms. The minimum Gasteiger partial charge on any atom is -0.443 e. The van der Waals surface area contributed by atoms with Crippen LogP contribution in [0.1, 0.15) is 44.5 Å². The number of ether oxygens (including phenoxy) is 2. The minimum absolute atomic E-state index is 0.0558. The van der Waals surface area contributed by atoms with Crippen LogP contribution in [0.4, 0.5) is 13.6 Å². The molecule has 3 rings (SSSR count). The molecule has 6 nitrogen and oxygen atoms in total. The molecule has 0 saturated carbocycles. The number of pyridine rings is 1. The quantitative estimate of drug-likeness (QED) is 0.171. The Morgan fingerprint density at radius 3 is 2.58 bits per heavy atom. The zero-order valence-electron chi connectivity index (χ0n) is 23.9. The van der Waals surface area contributed by atoms with E-state index in [0.29, 0.717) is 22.4 Å². The van der Waals surface area contributed by atoms with Crippen LogP contribution < -0.4 is 0 Å². The van der Waals surface area contributed by atoms with Gasteiger partial charge in [-0.3, -0.25) is 4.98 Å². The molecule has 1 aliphatic heterocycles. The van der Waals surface area contributed by atoms with Gasteiger partial charge in [-0.1, -0.05) is 49.1 Å². The molecule has 11 heteroatoms. The fraction of sp³-hybridized carbons (Fsp3) is 0.414. The number of halogens is 3. The summed E-state index contributed by atoms with van der Waals surface area (Å²) in [5.74, 6) is -1.11. The smallest absolute Gasteiger partial charge is 0.418 e. The summed E-state index contributed by atoms with van der Waals surface area (Å²) in [6.45, 7) is 14.2. The third-order valence-corrected chi connectivity index (χ3v) is 8.48. The maximum Gasteiger partial charge on any atom is 0.418 e. The van der Waals surface area contributed by atoms with Gasteiger partial charge in [0, 0.05) is 26.4 Å². The largest absolute Gasteiger partial charge is 0.443 e. The number of carbonyl (C=O) groups is 1. The molecule has 2 aromatic rings. The Labute approximate surface area is 245 Å². The van der Waals surface area contributed by atoms with Gasteiger partial charge in [-0.05, 0) is 81.1 Å². The number of amides is 1. The van der Waals surface area contributed by atoms with E-state index in [0.717, 1.165) is 6.04 Å². The van der Waals surface area contributed by atoms with Crippen molar-refractivity contribution in [2.24, 2.45) is 4.99 Å². The average Bonchev–Trinajstić information content (AvgIpc) is 2.83. The molecule has 1 aliphatic rings. The van der Waals surface area contributed by atoms with Gasteiger partial charge in [-0.25, -0.2) is 23.5 Å². The van der Waals surface area contributed by atoms with Gasteiger partial charge >= 0.3 is 6.09 Å². The number of thioether (sulfide) groups is 1. The molecule has 2 heterocycles. The lowest BCUT2D eigenvalue weighted by Crippen LogP contribution is -2.42.